The fraction of sp³-hybridized carbons (Fsp3) is 0.333. The molecule has 0 aliphatic carbocycles. The molecular weight excluding hydrogens is 364 g/mol. The number of hydrogen-bond acceptors (Lipinski definition) is 5. The summed E-state index contributed by atoms with van der Waals surface area (Å²) in [6, 6.07) is 21.2. The van der Waals surface area contributed by atoms with Gasteiger partial charge in [0, 0.05) is 38.1 Å². The van der Waals surface area contributed by atoms with Gasteiger partial charge in [0.05, 0.1) is 16.8 Å². The molecule has 1 unspecified atom stereocenters. The highest BCUT2D eigenvalue weighted by atomic mass is 16.5. The van der Waals surface area contributed by atoms with Gasteiger partial charge in [-0.05, 0) is 23.6 Å². The first-order valence-electron chi connectivity index (χ1n) is 11.4. The first-order valence-corrected chi connectivity index (χ1v) is 9.93. The van der Waals surface area contributed by atoms with Crippen LogP contribution >= 0.6 is 0 Å². The van der Waals surface area contributed by atoms with Crippen molar-refractivity contribution in [3.05, 3.63) is 66.7 Å². The molecule has 1 atom stereocenters. The van der Waals surface area contributed by atoms with E-state index in [2.05, 4.69) is 9.80 Å². The van der Waals surface area contributed by atoms with Crippen LogP contribution in [0, 0.1) is 0 Å². The minimum absolute atomic E-state index is 0.226. The number of aliphatic hydroxyl groups is 1. The summed E-state index contributed by atoms with van der Waals surface area (Å²) in [5.41, 5.74) is 0.781. The highest BCUT2D eigenvalue weighted by molar-refractivity contribution is 5.88. The van der Waals surface area contributed by atoms with E-state index in [-0.39, 0.29) is 6.61 Å². The summed E-state index contributed by atoms with van der Waals surface area (Å²) in [6.45, 7) is 3.70. The molecule has 3 aromatic rings. The molecule has 5 heteroatoms. The van der Waals surface area contributed by atoms with Gasteiger partial charge in [-0.3, -0.25) is 4.90 Å². The van der Waals surface area contributed by atoms with Crippen molar-refractivity contribution in [3.63, 3.8) is 0 Å². The molecule has 1 N–H and O–H groups in total. The molecule has 0 aromatic heterocycles. The van der Waals surface area contributed by atoms with Gasteiger partial charge in [-0.15, -0.1) is 0 Å². The number of benzene rings is 3. The molecular formula is C24H28N2O3. The molecule has 1 heterocycles. The zero-order valence-electron chi connectivity index (χ0n) is 19.3. The van der Waals surface area contributed by atoms with Crippen LogP contribution in [0.4, 0.5) is 5.69 Å². The average Bonchev–Trinajstić information content (AvgIpc) is 2.77. The van der Waals surface area contributed by atoms with Crippen LogP contribution in [-0.2, 0) is 0 Å². The van der Waals surface area contributed by atoms with Crippen LogP contribution in [0.15, 0.2) is 66.7 Å². The highest BCUT2D eigenvalue weighted by Crippen LogP contribution is 2.28. The van der Waals surface area contributed by atoms with Gasteiger partial charge in [0.2, 0.25) is 0 Å². The van der Waals surface area contributed by atoms with E-state index in [1.165, 1.54) is 0 Å². The second kappa shape index (κ2) is 9.16. The third kappa shape index (κ3) is 4.63. The van der Waals surface area contributed by atoms with E-state index >= 15 is 0 Å². The van der Waals surface area contributed by atoms with Crippen molar-refractivity contribution in [3.8, 4) is 11.5 Å². The second-order valence-electron chi connectivity index (χ2n) is 7.30. The van der Waals surface area contributed by atoms with Crippen molar-refractivity contribution in [2.45, 2.75) is 6.10 Å². The number of aliphatic hydroxyl groups excluding tert-OH is 1. The van der Waals surface area contributed by atoms with Gasteiger partial charge in [0.25, 0.3) is 0 Å². The monoisotopic (exact) mass is 395 g/mol. The van der Waals surface area contributed by atoms with Gasteiger partial charge in [0.1, 0.15) is 24.2 Å². The normalized spacial score (nSPS) is 18.0. The van der Waals surface area contributed by atoms with Crippen LogP contribution in [0.2, 0.25) is 0 Å². The molecule has 0 bridgehead atoms. The molecule has 3 aromatic carbocycles. The van der Waals surface area contributed by atoms with E-state index in [9.17, 15) is 5.11 Å². The zero-order chi connectivity index (χ0) is 22.6. The summed E-state index contributed by atoms with van der Waals surface area (Å²) in [5.74, 6) is 1.14. The quantitative estimate of drug-likeness (QED) is 0.664. The first-order chi connectivity index (χ1) is 15.4. The van der Waals surface area contributed by atoms with Crippen molar-refractivity contribution >= 4 is 16.5 Å². The number of piperazine rings is 1. The Bertz CT molecular complexity index is 1030. The maximum absolute atomic E-state index is 10.5. The predicted molar refractivity (Wildman–Crippen MR) is 117 cm³/mol. The van der Waals surface area contributed by atoms with Crippen LogP contribution in [0.3, 0.4) is 0 Å². The maximum atomic E-state index is 10.5. The smallest absolute Gasteiger partial charge is 0.142 e. The first kappa shape index (κ1) is 16.1. The summed E-state index contributed by atoms with van der Waals surface area (Å²) < 4.78 is 33.2. The van der Waals surface area contributed by atoms with E-state index in [4.69, 9.17) is 13.6 Å². The van der Waals surface area contributed by atoms with Gasteiger partial charge in [0.15, 0.2) is 0 Å². The number of para-hydroxylation sites is 2. The molecule has 0 radical (unpaired) electrons. The van der Waals surface area contributed by atoms with Crippen molar-refractivity contribution in [1.29, 1.82) is 0 Å². The molecule has 0 saturated carbocycles. The number of nitrogens with zero attached hydrogens (tertiary/aromatic N) is 2. The molecule has 0 spiro atoms. The topological polar surface area (TPSA) is 45.2 Å². The fourth-order valence-electron chi connectivity index (χ4n) is 3.83. The molecule has 4 rings (SSSR count). The number of hydrogen-bond donors (Lipinski definition) is 1. The van der Waals surface area contributed by atoms with Gasteiger partial charge in [-0.1, -0.05) is 48.5 Å². The molecule has 29 heavy (non-hydrogen) atoms. The van der Waals surface area contributed by atoms with Crippen LogP contribution < -0.4 is 14.4 Å². The van der Waals surface area contributed by atoms with Gasteiger partial charge in [-0.2, -0.15) is 0 Å². The van der Waals surface area contributed by atoms with Gasteiger partial charge in [-0.25, -0.2) is 0 Å². The summed E-state index contributed by atoms with van der Waals surface area (Å²) in [7, 11) is -2.48. The molecule has 1 fully saturated rings. The Hall–Kier alpha value is -2.76. The van der Waals surface area contributed by atoms with Crippen LogP contribution in [0.1, 0.15) is 4.11 Å². The van der Waals surface area contributed by atoms with Gasteiger partial charge >= 0.3 is 0 Å². The van der Waals surface area contributed by atoms with Crippen molar-refractivity contribution in [2.75, 3.05) is 51.3 Å². The maximum Gasteiger partial charge on any atom is 0.142 e. The number of methoxy groups -OCH3 is 1. The average molecular weight is 396 g/mol. The van der Waals surface area contributed by atoms with Crippen LogP contribution in [0.25, 0.3) is 10.8 Å². The Balaban J connectivity index is 1.29. The lowest BCUT2D eigenvalue weighted by atomic mass is 10.1. The number of fused-ring (bicyclic) bond motifs is 1. The second-order valence-corrected chi connectivity index (χ2v) is 7.30. The third-order valence-electron chi connectivity index (χ3n) is 5.34. The zero-order valence-corrected chi connectivity index (χ0v) is 16.3. The number of β-amino-alcohol motifs (C(OH)–C–C–N with tert-alkyl or cyclic N) is 1. The lowest BCUT2D eigenvalue weighted by Crippen LogP contribution is -2.49. The minimum atomic E-state index is -2.48. The lowest BCUT2D eigenvalue weighted by Gasteiger charge is -2.37. The van der Waals surface area contributed by atoms with E-state index in [1.54, 1.807) is 12.1 Å². The Labute approximate surface area is 176 Å². The van der Waals surface area contributed by atoms with Crippen molar-refractivity contribution < 1.29 is 18.7 Å². The molecule has 1 aliphatic heterocycles. The fourth-order valence-corrected chi connectivity index (χ4v) is 3.83. The predicted octanol–water partition coefficient (Wildman–Crippen LogP) is 3.41. The Morgan fingerprint density at radius 1 is 0.931 bits per heavy atom. The lowest BCUT2D eigenvalue weighted by molar-refractivity contribution is 0.0668. The SMILES string of the molecule is [2H]C([2H])([2H])Oc1ccccc1N1CCN(CC(O)COc2cccc3ccccc23)CC1. The number of ether oxygens (including phenoxy) is 2. The summed E-state index contributed by atoms with van der Waals surface area (Å²) in [4.78, 5) is 4.32. The summed E-state index contributed by atoms with van der Waals surface area (Å²) in [5, 5.41) is 12.7. The van der Waals surface area contributed by atoms with Gasteiger partial charge < -0.3 is 19.5 Å². The largest absolute Gasteiger partial charge is 0.495 e. The third-order valence-corrected chi connectivity index (χ3v) is 5.34. The van der Waals surface area contributed by atoms with E-state index in [1.807, 2.05) is 54.6 Å². The molecule has 0 amide bonds. The van der Waals surface area contributed by atoms with Crippen molar-refractivity contribution in [2.24, 2.45) is 0 Å². The molecule has 152 valence electrons. The molecule has 1 aliphatic rings. The summed E-state index contributed by atoms with van der Waals surface area (Å²) in [6.07, 6.45) is -0.605. The number of anilines is 1. The van der Waals surface area contributed by atoms with Crippen molar-refractivity contribution in [1.82, 2.24) is 4.90 Å². The van der Waals surface area contributed by atoms with E-state index in [0.717, 1.165) is 48.4 Å². The molecule has 5 nitrogen and oxygen atoms in total. The standard InChI is InChI=1S/C24H28N2O3/c1-28-24-11-5-4-10-22(24)26-15-13-25(14-16-26)17-20(27)18-29-23-12-6-8-19-7-2-3-9-21(19)23/h2-12,20,27H,13-18H2,1H3/i1D3. The minimum Gasteiger partial charge on any atom is -0.495 e. The number of rotatable bonds is 7. The van der Waals surface area contributed by atoms with Crippen LogP contribution in [0.5, 0.6) is 11.5 Å². The van der Waals surface area contributed by atoms with E-state index in [0.29, 0.717) is 12.3 Å². The Morgan fingerprint density at radius 3 is 2.52 bits per heavy atom. The highest BCUT2D eigenvalue weighted by Gasteiger charge is 2.21. The van der Waals surface area contributed by atoms with E-state index < -0.39 is 13.1 Å². The Morgan fingerprint density at radius 2 is 1.66 bits per heavy atom. The summed E-state index contributed by atoms with van der Waals surface area (Å²) >= 11 is 0. The van der Waals surface area contributed by atoms with Crippen LogP contribution in [-0.4, -0.2) is 62.5 Å². The Kier molecular flexibility index (Phi) is 5.08. The molecule has 1 saturated heterocycles.